The summed E-state index contributed by atoms with van der Waals surface area (Å²) >= 11 is 0. The summed E-state index contributed by atoms with van der Waals surface area (Å²) in [4.78, 5) is 14.2. The van der Waals surface area contributed by atoms with Gasteiger partial charge in [0.1, 0.15) is 5.82 Å². The van der Waals surface area contributed by atoms with Crippen LogP contribution in [0.5, 0.6) is 0 Å². The molecule has 8 nitrogen and oxygen atoms in total. The standard InChI is InChI=1S/C23H31N7O.HI/c1-3-24-23(25-10-9-21-26-22(28-27-21)20-8-5-15-31-20)30-13-11-29(12-14-30)17-19-7-4-6-18(2)16-19;/h4-8,15-16H,3,9-14,17H2,1-2H3,(H,24,25)(H,26,27,28);1H. The number of benzene rings is 1. The Kier molecular flexibility index (Phi) is 9.10. The Labute approximate surface area is 206 Å². The van der Waals surface area contributed by atoms with Crippen LogP contribution in [-0.4, -0.2) is 70.2 Å². The van der Waals surface area contributed by atoms with Crippen molar-refractivity contribution in [2.24, 2.45) is 4.99 Å². The summed E-state index contributed by atoms with van der Waals surface area (Å²) in [6, 6.07) is 12.5. The molecule has 2 N–H and O–H groups in total. The summed E-state index contributed by atoms with van der Waals surface area (Å²) in [5.74, 6) is 3.04. The highest BCUT2D eigenvalue weighted by Crippen LogP contribution is 2.14. The van der Waals surface area contributed by atoms with Crippen LogP contribution in [0.1, 0.15) is 23.9 Å². The Bertz CT molecular complexity index is 978. The number of nitrogens with one attached hydrogen (secondary N) is 2. The molecule has 1 saturated heterocycles. The maximum absolute atomic E-state index is 5.35. The van der Waals surface area contributed by atoms with Gasteiger partial charge in [-0.1, -0.05) is 29.8 Å². The third-order valence-corrected chi connectivity index (χ3v) is 5.38. The van der Waals surface area contributed by atoms with Crippen LogP contribution in [0.3, 0.4) is 0 Å². The molecule has 1 aliphatic rings. The number of aliphatic imine (C=N–C) groups is 1. The fourth-order valence-corrected chi connectivity index (χ4v) is 3.80. The SMILES string of the molecule is CCNC(=NCCc1nc(-c2ccco2)n[nH]1)N1CCN(Cc2cccc(C)c2)CC1.I. The van der Waals surface area contributed by atoms with E-state index >= 15 is 0 Å². The Morgan fingerprint density at radius 2 is 2.03 bits per heavy atom. The Hall–Kier alpha value is -2.40. The number of aromatic nitrogens is 3. The first-order chi connectivity index (χ1) is 15.2. The molecule has 1 aromatic carbocycles. The number of halogens is 1. The normalized spacial score (nSPS) is 14.9. The van der Waals surface area contributed by atoms with Crippen LogP contribution in [0.4, 0.5) is 0 Å². The largest absolute Gasteiger partial charge is 0.461 e. The summed E-state index contributed by atoms with van der Waals surface area (Å²) in [5.41, 5.74) is 2.70. The van der Waals surface area contributed by atoms with Gasteiger partial charge < -0.3 is 14.6 Å². The second-order valence-corrected chi connectivity index (χ2v) is 7.82. The van der Waals surface area contributed by atoms with Crippen molar-refractivity contribution in [2.75, 3.05) is 39.3 Å². The zero-order chi connectivity index (χ0) is 21.5. The predicted octanol–water partition coefficient (Wildman–Crippen LogP) is 3.32. The molecule has 32 heavy (non-hydrogen) atoms. The van der Waals surface area contributed by atoms with Gasteiger partial charge in [-0.3, -0.25) is 15.0 Å². The van der Waals surface area contributed by atoms with Crippen molar-refractivity contribution in [1.82, 2.24) is 30.3 Å². The van der Waals surface area contributed by atoms with E-state index in [9.17, 15) is 0 Å². The van der Waals surface area contributed by atoms with Crippen LogP contribution in [-0.2, 0) is 13.0 Å². The Morgan fingerprint density at radius 3 is 2.75 bits per heavy atom. The lowest BCUT2D eigenvalue weighted by atomic mass is 10.1. The third kappa shape index (κ3) is 6.55. The van der Waals surface area contributed by atoms with Gasteiger partial charge >= 0.3 is 0 Å². The molecule has 0 aliphatic carbocycles. The van der Waals surface area contributed by atoms with Gasteiger partial charge in [0.15, 0.2) is 11.7 Å². The molecule has 0 radical (unpaired) electrons. The highest BCUT2D eigenvalue weighted by atomic mass is 127. The van der Waals surface area contributed by atoms with Gasteiger partial charge in [-0.2, -0.15) is 5.10 Å². The summed E-state index contributed by atoms with van der Waals surface area (Å²) in [6.07, 6.45) is 2.33. The number of aryl methyl sites for hydroxylation is 1. The third-order valence-electron chi connectivity index (χ3n) is 5.38. The highest BCUT2D eigenvalue weighted by molar-refractivity contribution is 14.0. The predicted molar refractivity (Wildman–Crippen MR) is 137 cm³/mol. The molecule has 0 spiro atoms. The monoisotopic (exact) mass is 549 g/mol. The minimum absolute atomic E-state index is 0. The molecule has 172 valence electrons. The number of nitrogens with zero attached hydrogens (tertiary/aromatic N) is 5. The summed E-state index contributed by atoms with van der Waals surface area (Å²) in [6.45, 7) is 10.8. The zero-order valence-corrected chi connectivity index (χ0v) is 21.1. The second kappa shape index (κ2) is 12.0. The zero-order valence-electron chi connectivity index (χ0n) is 18.8. The fraction of sp³-hybridized carbons (Fsp3) is 0.435. The van der Waals surface area contributed by atoms with Crippen LogP contribution < -0.4 is 5.32 Å². The molecule has 2 aromatic heterocycles. The Balaban J connectivity index is 0.00000289. The molecule has 0 atom stereocenters. The minimum Gasteiger partial charge on any atom is -0.461 e. The maximum Gasteiger partial charge on any atom is 0.216 e. The lowest BCUT2D eigenvalue weighted by Gasteiger charge is -2.36. The van der Waals surface area contributed by atoms with Crippen molar-refractivity contribution in [3.63, 3.8) is 0 Å². The molecule has 3 aromatic rings. The van der Waals surface area contributed by atoms with Crippen LogP contribution in [0.2, 0.25) is 0 Å². The number of hydrogen-bond donors (Lipinski definition) is 2. The number of aromatic amines is 1. The van der Waals surface area contributed by atoms with Gasteiger partial charge in [0, 0.05) is 52.2 Å². The quantitative estimate of drug-likeness (QED) is 0.267. The van der Waals surface area contributed by atoms with E-state index in [2.05, 4.69) is 68.4 Å². The number of furan rings is 1. The first-order valence-corrected chi connectivity index (χ1v) is 11.0. The number of H-pyrrole nitrogens is 1. The topological polar surface area (TPSA) is 85.6 Å². The van der Waals surface area contributed by atoms with Gasteiger partial charge in [0.2, 0.25) is 5.82 Å². The van der Waals surface area contributed by atoms with E-state index in [1.807, 2.05) is 12.1 Å². The van der Waals surface area contributed by atoms with Crippen LogP contribution >= 0.6 is 24.0 Å². The molecule has 0 amide bonds. The molecule has 3 heterocycles. The molecule has 0 saturated carbocycles. The van der Waals surface area contributed by atoms with Crippen LogP contribution in [0.15, 0.2) is 52.1 Å². The van der Waals surface area contributed by atoms with Crippen molar-refractivity contribution in [3.8, 4) is 11.6 Å². The lowest BCUT2D eigenvalue weighted by molar-refractivity contribution is 0.172. The number of rotatable bonds is 7. The van der Waals surface area contributed by atoms with Crippen molar-refractivity contribution >= 4 is 29.9 Å². The van der Waals surface area contributed by atoms with Crippen molar-refractivity contribution in [2.45, 2.75) is 26.8 Å². The van der Waals surface area contributed by atoms with Gasteiger partial charge in [0.05, 0.1) is 6.26 Å². The second-order valence-electron chi connectivity index (χ2n) is 7.82. The average molecular weight is 549 g/mol. The molecule has 0 bridgehead atoms. The van der Waals surface area contributed by atoms with E-state index in [1.54, 1.807) is 6.26 Å². The van der Waals surface area contributed by atoms with E-state index in [-0.39, 0.29) is 24.0 Å². The van der Waals surface area contributed by atoms with E-state index in [0.717, 1.165) is 51.1 Å². The van der Waals surface area contributed by atoms with Gasteiger partial charge in [0.25, 0.3) is 0 Å². The van der Waals surface area contributed by atoms with Gasteiger partial charge in [-0.15, -0.1) is 24.0 Å². The molecule has 4 rings (SSSR count). The number of guanidine groups is 1. The van der Waals surface area contributed by atoms with E-state index < -0.39 is 0 Å². The fourth-order valence-electron chi connectivity index (χ4n) is 3.80. The number of hydrogen-bond acceptors (Lipinski definition) is 5. The van der Waals surface area contributed by atoms with Crippen molar-refractivity contribution < 1.29 is 4.42 Å². The minimum atomic E-state index is 0. The molecular weight excluding hydrogens is 517 g/mol. The number of piperazine rings is 1. The highest BCUT2D eigenvalue weighted by Gasteiger charge is 2.19. The van der Waals surface area contributed by atoms with Crippen molar-refractivity contribution in [3.05, 3.63) is 59.6 Å². The first-order valence-electron chi connectivity index (χ1n) is 11.0. The van der Waals surface area contributed by atoms with E-state index in [1.165, 1.54) is 11.1 Å². The van der Waals surface area contributed by atoms with Crippen LogP contribution in [0, 0.1) is 6.92 Å². The molecule has 0 unspecified atom stereocenters. The van der Waals surface area contributed by atoms with E-state index in [0.29, 0.717) is 24.6 Å². The molecule has 9 heteroatoms. The molecule has 1 aliphatic heterocycles. The van der Waals surface area contributed by atoms with E-state index in [4.69, 9.17) is 9.41 Å². The summed E-state index contributed by atoms with van der Waals surface area (Å²) in [7, 11) is 0. The smallest absolute Gasteiger partial charge is 0.216 e. The maximum atomic E-state index is 5.35. The Morgan fingerprint density at radius 1 is 1.19 bits per heavy atom. The van der Waals surface area contributed by atoms with Gasteiger partial charge in [-0.05, 0) is 31.5 Å². The van der Waals surface area contributed by atoms with Gasteiger partial charge in [-0.25, -0.2) is 4.98 Å². The summed E-state index contributed by atoms with van der Waals surface area (Å²) in [5, 5.41) is 10.6. The average Bonchev–Trinajstić information content (AvgIpc) is 3.46. The summed E-state index contributed by atoms with van der Waals surface area (Å²) < 4.78 is 5.35. The van der Waals surface area contributed by atoms with Crippen molar-refractivity contribution in [1.29, 1.82) is 0 Å². The first kappa shape index (κ1) is 24.2. The lowest BCUT2D eigenvalue weighted by Crippen LogP contribution is -2.52. The van der Waals surface area contributed by atoms with Crippen LogP contribution in [0.25, 0.3) is 11.6 Å². The molecular formula is C23H32IN7O. The molecule has 1 fully saturated rings.